The van der Waals surface area contributed by atoms with Gasteiger partial charge in [0, 0.05) is 38.1 Å². The summed E-state index contributed by atoms with van der Waals surface area (Å²) in [4.78, 5) is 37.1. The summed E-state index contributed by atoms with van der Waals surface area (Å²) in [5.41, 5.74) is 1.46. The van der Waals surface area contributed by atoms with Gasteiger partial charge in [-0.25, -0.2) is 0 Å². The van der Waals surface area contributed by atoms with Crippen molar-refractivity contribution in [1.29, 1.82) is 0 Å². The van der Waals surface area contributed by atoms with Gasteiger partial charge in [-0.2, -0.15) is 0 Å². The summed E-state index contributed by atoms with van der Waals surface area (Å²) in [5, 5.41) is 0. The second-order valence-electron chi connectivity index (χ2n) is 6.22. The highest BCUT2D eigenvalue weighted by Crippen LogP contribution is 2.34. The van der Waals surface area contributed by atoms with Gasteiger partial charge in [0.15, 0.2) is 0 Å². The number of hydrogen-bond acceptors (Lipinski definition) is 4. The maximum Gasteiger partial charge on any atom is 0.272 e. The molecule has 122 valence electrons. The quantitative estimate of drug-likeness (QED) is 0.859. The van der Waals surface area contributed by atoms with Crippen LogP contribution in [0.3, 0.4) is 0 Å². The summed E-state index contributed by atoms with van der Waals surface area (Å²) < 4.78 is 0. The molecule has 0 N–H and O–H groups in total. The summed E-state index contributed by atoms with van der Waals surface area (Å²) in [6, 6.07) is 9.20. The van der Waals surface area contributed by atoms with Crippen molar-refractivity contribution < 1.29 is 9.59 Å². The Morgan fingerprint density at radius 3 is 2.83 bits per heavy atom. The van der Waals surface area contributed by atoms with E-state index in [1.807, 2.05) is 28.0 Å². The van der Waals surface area contributed by atoms with Gasteiger partial charge in [0.2, 0.25) is 5.91 Å². The summed E-state index contributed by atoms with van der Waals surface area (Å²) >= 11 is 0. The van der Waals surface area contributed by atoms with Crippen LogP contribution >= 0.6 is 0 Å². The second-order valence-corrected chi connectivity index (χ2v) is 6.22. The number of hydrogen-bond donors (Lipinski definition) is 0. The van der Waals surface area contributed by atoms with Gasteiger partial charge in [-0.15, -0.1) is 0 Å². The molecule has 6 nitrogen and oxygen atoms in total. The monoisotopic (exact) mass is 322 g/mol. The third-order valence-electron chi connectivity index (χ3n) is 4.84. The van der Waals surface area contributed by atoms with Crippen molar-refractivity contribution in [1.82, 2.24) is 19.8 Å². The molecular formula is C18H18N4O2. The molecule has 2 aromatic rings. The molecule has 6 heteroatoms. The Kier molecular flexibility index (Phi) is 3.72. The zero-order valence-electron chi connectivity index (χ0n) is 13.2. The average molecular weight is 322 g/mol. The maximum atomic E-state index is 12.7. The van der Waals surface area contributed by atoms with E-state index in [1.54, 1.807) is 30.7 Å². The number of rotatable bonds is 3. The molecule has 0 unspecified atom stereocenters. The minimum Gasteiger partial charge on any atom is -0.333 e. The van der Waals surface area contributed by atoms with Crippen LogP contribution in [0.15, 0.2) is 48.9 Å². The van der Waals surface area contributed by atoms with E-state index in [0.29, 0.717) is 25.2 Å². The number of likely N-dealkylation sites (tertiary alicyclic amines) is 2. The lowest BCUT2D eigenvalue weighted by molar-refractivity contribution is -0.129. The topological polar surface area (TPSA) is 66.4 Å². The van der Waals surface area contributed by atoms with Crippen LogP contribution in [0.1, 0.15) is 28.9 Å². The third-order valence-corrected chi connectivity index (χ3v) is 4.84. The molecule has 2 aromatic heterocycles. The Balaban J connectivity index is 1.52. The van der Waals surface area contributed by atoms with E-state index in [4.69, 9.17) is 0 Å². The molecule has 2 saturated heterocycles. The molecule has 4 rings (SSSR count). The highest BCUT2D eigenvalue weighted by atomic mass is 16.2. The number of aromatic nitrogens is 2. The van der Waals surface area contributed by atoms with E-state index >= 15 is 0 Å². The number of pyridine rings is 2. The predicted octanol–water partition coefficient (Wildman–Crippen LogP) is 1.49. The summed E-state index contributed by atoms with van der Waals surface area (Å²) in [6.07, 6.45) is 6.33. The predicted molar refractivity (Wildman–Crippen MR) is 86.9 cm³/mol. The number of nitrogens with zero attached hydrogens (tertiary/aromatic N) is 4. The van der Waals surface area contributed by atoms with Gasteiger partial charge in [0.1, 0.15) is 5.69 Å². The average Bonchev–Trinajstić information content (AvgIpc) is 3.16. The van der Waals surface area contributed by atoms with Gasteiger partial charge in [-0.3, -0.25) is 19.6 Å². The van der Waals surface area contributed by atoms with Crippen LogP contribution in [0, 0.1) is 0 Å². The van der Waals surface area contributed by atoms with Crippen molar-refractivity contribution in [2.75, 3.05) is 6.54 Å². The molecule has 0 spiro atoms. The lowest BCUT2D eigenvalue weighted by Crippen LogP contribution is -2.40. The first kappa shape index (κ1) is 14.8. The normalized spacial score (nSPS) is 22.8. The molecule has 24 heavy (non-hydrogen) atoms. The summed E-state index contributed by atoms with van der Waals surface area (Å²) in [7, 11) is 0. The van der Waals surface area contributed by atoms with Crippen LogP contribution in [0.4, 0.5) is 0 Å². The molecule has 2 aliphatic rings. The Hall–Kier alpha value is -2.76. The molecule has 0 bridgehead atoms. The molecule has 0 aromatic carbocycles. The first-order valence-corrected chi connectivity index (χ1v) is 8.14. The van der Waals surface area contributed by atoms with E-state index in [0.717, 1.165) is 12.0 Å². The van der Waals surface area contributed by atoms with E-state index < -0.39 is 0 Å². The minimum absolute atomic E-state index is 0.0522. The van der Waals surface area contributed by atoms with Gasteiger partial charge in [-0.1, -0.05) is 12.1 Å². The standard InChI is InChI=1S/C18H18N4O2/c23-17-10-16-15(22(17)12-13-4-3-7-19-11-13)6-9-21(16)18(24)14-5-1-2-8-20-14/h1-5,7-8,11,15-16H,6,9-10,12H2/t15-,16+/m1/s1. The van der Waals surface area contributed by atoms with Crippen molar-refractivity contribution in [2.24, 2.45) is 0 Å². The number of amides is 2. The zero-order chi connectivity index (χ0) is 16.5. The van der Waals surface area contributed by atoms with Crippen molar-refractivity contribution in [3.05, 3.63) is 60.2 Å². The van der Waals surface area contributed by atoms with Gasteiger partial charge < -0.3 is 9.80 Å². The summed E-state index contributed by atoms with van der Waals surface area (Å²) in [5.74, 6) is 0.0199. The van der Waals surface area contributed by atoms with Crippen LogP contribution in [-0.2, 0) is 11.3 Å². The Labute approximate surface area is 140 Å². The van der Waals surface area contributed by atoms with Gasteiger partial charge in [0.05, 0.1) is 12.1 Å². The van der Waals surface area contributed by atoms with Crippen molar-refractivity contribution in [2.45, 2.75) is 31.5 Å². The molecule has 0 radical (unpaired) electrons. The van der Waals surface area contributed by atoms with Gasteiger partial charge >= 0.3 is 0 Å². The SMILES string of the molecule is O=C1C[C@H]2[C@@H](CCN2C(=O)c2ccccn2)N1Cc1cccnc1. The lowest BCUT2D eigenvalue weighted by Gasteiger charge is -2.25. The van der Waals surface area contributed by atoms with E-state index in [9.17, 15) is 9.59 Å². The van der Waals surface area contributed by atoms with Crippen LogP contribution in [0.25, 0.3) is 0 Å². The second kappa shape index (κ2) is 6.03. The van der Waals surface area contributed by atoms with Crippen molar-refractivity contribution >= 4 is 11.8 Å². The van der Waals surface area contributed by atoms with Crippen LogP contribution in [0.5, 0.6) is 0 Å². The first-order chi connectivity index (χ1) is 11.7. The van der Waals surface area contributed by atoms with E-state index in [-0.39, 0.29) is 23.9 Å². The highest BCUT2D eigenvalue weighted by Gasteiger charge is 2.48. The summed E-state index contributed by atoms with van der Waals surface area (Å²) in [6.45, 7) is 1.22. The highest BCUT2D eigenvalue weighted by molar-refractivity contribution is 5.93. The lowest BCUT2D eigenvalue weighted by atomic mass is 10.1. The van der Waals surface area contributed by atoms with E-state index in [2.05, 4.69) is 9.97 Å². The Morgan fingerprint density at radius 2 is 2.08 bits per heavy atom. The van der Waals surface area contributed by atoms with E-state index in [1.165, 1.54) is 0 Å². The molecule has 2 amide bonds. The largest absolute Gasteiger partial charge is 0.333 e. The molecule has 2 fully saturated rings. The number of fused-ring (bicyclic) bond motifs is 1. The molecule has 0 aliphatic carbocycles. The van der Waals surface area contributed by atoms with Crippen LogP contribution in [0.2, 0.25) is 0 Å². The molecule has 2 aliphatic heterocycles. The van der Waals surface area contributed by atoms with Crippen LogP contribution < -0.4 is 0 Å². The fraction of sp³-hybridized carbons (Fsp3) is 0.333. The van der Waals surface area contributed by atoms with Gasteiger partial charge in [0.25, 0.3) is 5.91 Å². The first-order valence-electron chi connectivity index (χ1n) is 8.14. The van der Waals surface area contributed by atoms with Crippen molar-refractivity contribution in [3.63, 3.8) is 0 Å². The Morgan fingerprint density at radius 1 is 1.17 bits per heavy atom. The number of carbonyl (C=O) groups excluding carboxylic acids is 2. The number of carbonyl (C=O) groups is 2. The molecule has 0 saturated carbocycles. The smallest absolute Gasteiger partial charge is 0.272 e. The maximum absolute atomic E-state index is 12.7. The third kappa shape index (κ3) is 2.54. The van der Waals surface area contributed by atoms with Crippen LogP contribution in [-0.4, -0.2) is 50.2 Å². The fourth-order valence-corrected chi connectivity index (χ4v) is 3.71. The van der Waals surface area contributed by atoms with Crippen molar-refractivity contribution in [3.8, 4) is 0 Å². The van der Waals surface area contributed by atoms with Gasteiger partial charge in [-0.05, 0) is 30.2 Å². The molecule has 2 atom stereocenters. The molecule has 4 heterocycles. The Bertz CT molecular complexity index is 750. The zero-order valence-corrected chi connectivity index (χ0v) is 13.2. The molecular weight excluding hydrogens is 304 g/mol. The minimum atomic E-state index is -0.0841. The fourth-order valence-electron chi connectivity index (χ4n) is 3.71.